The number of carbonyl (C=O) groups excluding carboxylic acids is 2. The number of nitrogens with one attached hydrogen (secondary N) is 1. The molecule has 1 fully saturated rings. The molecular weight excluding hydrogens is 236 g/mol. The summed E-state index contributed by atoms with van der Waals surface area (Å²) < 4.78 is 0. The van der Waals surface area contributed by atoms with Crippen LogP contribution in [0.5, 0.6) is 0 Å². The van der Waals surface area contributed by atoms with Crippen LogP contribution in [-0.2, 0) is 9.59 Å². The zero-order valence-corrected chi connectivity index (χ0v) is 10.6. The van der Waals surface area contributed by atoms with Crippen molar-refractivity contribution in [3.05, 3.63) is 0 Å². The Hall–Kier alpha value is -1.59. The minimum atomic E-state index is -0.934. The van der Waals surface area contributed by atoms with E-state index in [9.17, 15) is 14.4 Å². The molecule has 6 nitrogen and oxygen atoms in total. The van der Waals surface area contributed by atoms with Crippen molar-refractivity contribution in [2.45, 2.75) is 38.5 Å². The molecule has 0 heterocycles. The third-order valence-corrected chi connectivity index (χ3v) is 3.14. The number of hydrogen-bond acceptors (Lipinski definition) is 3. The van der Waals surface area contributed by atoms with Crippen LogP contribution in [0.1, 0.15) is 38.5 Å². The number of hydrogen-bond donors (Lipinski definition) is 2. The molecule has 0 bridgehead atoms. The SMILES string of the molecule is CN(CC1CCC1)C(=O)NC(=O)CCCC(=O)O. The minimum absolute atomic E-state index is 0.0560. The van der Waals surface area contributed by atoms with Gasteiger partial charge in [-0.3, -0.25) is 14.9 Å². The number of rotatable bonds is 6. The van der Waals surface area contributed by atoms with Crippen molar-refractivity contribution in [3.63, 3.8) is 0 Å². The van der Waals surface area contributed by atoms with Crippen LogP contribution in [0.25, 0.3) is 0 Å². The first-order chi connectivity index (χ1) is 8.49. The van der Waals surface area contributed by atoms with Crippen molar-refractivity contribution in [1.29, 1.82) is 0 Å². The number of urea groups is 1. The summed E-state index contributed by atoms with van der Waals surface area (Å²) >= 11 is 0. The second-order valence-electron chi connectivity index (χ2n) is 4.78. The van der Waals surface area contributed by atoms with E-state index in [1.54, 1.807) is 7.05 Å². The van der Waals surface area contributed by atoms with Gasteiger partial charge in [-0.15, -0.1) is 0 Å². The Balaban J connectivity index is 2.16. The molecule has 18 heavy (non-hydrogen) atoms. The highest BCUT2D eigenvalue weighted by Crippen LogP contribution is 2.26. The zero-order valence-electron chi connectivity index (χ0n) is 10.6. The summed E-state index contributed by atoms with van der Waals surface area (Å²) in [5.41, 5.74) is 0. The number of carboxylic acids is 1. The van der Waals surface area contributed by atoms with Gasteiger partial charge in [0, 0.05) is 26.4 Å². The highest BCUT2D eigenvalue weighted by molar-refractivity contribution is 5.94. The van der Waals surface area contributed by atoms with E-state index in [0.717, 1.165) is 12.8 Å². The van der Waals surface area contributed by atoms with Gasteiger partial charge >= 0.3 is 12.0 Å². The summed E-state index contributed by atoms with van der Waals surface area (Å²) in [7, 11) is 1.66. The van der Waals surface area contributed by atoms with Gasteiger partial charge in [-0.1, -0.05) is 6.42 Å². The quantitative estimate of drug-likeness (QED) is 0.747. The largest absolute Gasteiger partial charge is 0.481 e. The second-order valence-corrected chi connectivity index (χ2v) is 4.78. The third kappa shape index (κ3) is 5.16. The number of amides is 3. The molecule has 0 aromatic rings. The van der Waals surface area contributed by atoms with Crippen molar-refractivity contribution in [2.75, 3.05) is 13.6 Å². The Morgan fingerprint density at radius 1 is 1.28 bits per heavy atom. The molecule has 0 aliphatic heterocycles. The summed E-state index contributed by atoms with van der Waals surface area (Å²) in [6.45, 7) is 0.675. The third-order valence-electron chi connectivity index (χ3n) is 3.14. The van der Waals surface area contributed by atoms with Crippen molar-refractivity contribution in [1.82, 2.24) is 10.2 Å². The Kier molecular flexibility index (Phi) is 5.61. The molecule has 0 atom stereocenters. The summed E-state index contributed by atoms with van der Waals surface area (Å²) in [5.74, 6) is -0.791. The van der Waals surface area contributed by atoms with E-state index in [-0.39, 0.29) is 19.3 Å². The van der Waals surface area contributed by atoms with Crippen molar-refractivity contribution >= 4 is 17.9 Å². The molecule has 0 saturated heterocycles. The van der Waals surface area contributed by atoms with Crippen LogP contribution in [-0.4, -0.2) is 41.5 Å². The number of carboxylic acid groups (broad SMARTS) is 1. The highest BCUT2D eigenvalue weighted by atomic mass is 16.4. The van der Waals surface area contributed by atoms with Gasteiger partial charge in [-0.2, -0.15) is 0 Å². The smallest absolute Gasteiger partial charge is 0.323 e. The summed E-state index contributed by atoms with van der Waals surface area (Å²) in [6, 6.07) is -0.401. The number of nitrogens with zero attached hydrogens (tertiary/aromatic N) is 1. The van der Waals surface area contributed by atoms with Crippen LogP contribution < -0.4 is 5.32 Å². The van der Waals surface area contributed by atoms with Crippen LogP contribution in [0.3, 0.4) is 0 Å². The maximum Gasteiger partial charge on any atom is 0.323 e. The second kappa shape index (κ2) is 6.98. The Bertz CT molecular complexity index is 326. The first-order valence-corrected chi connectivity index (χ1v) is 6.25. The van der Waals surface area contributed by atoms with Crippen molar-refractivity contribution in [2.24, 2.45) is 5.92 Å². The molecular formula is C12H20N2O4. The van der Waals surface area contributed by atoms with Gasteiger partial charge in [0.25, 0.3) is 0 Å². The number of imide groups is 1. The Morgan fingerprint density at radius 3 is 2.44 bits per heavy atom. The number of aliphatic carboxylic acids is 1. The van der Waals surface area contributed by atoms with Gasteiger partial charge in [0.1, 0.15) is 0 Å². The van der Waals surface area contributed by atoms with Gasteiger partial charge in [0.05, 0.1) is 0 Å². The van der Waals surface area contributed by atoms with Crippen LogP contribution in [0.2, 0.25) is 0 Å². The highest BCUT2D eigenvalue weighted by Gasteiger charge is 2.22. The lowest BCUT2D eigenvalue weighted by Crippen LogP contribution is -2.43. The van der Waals surface area contributed by atoms with E-state index in [4.69, 9.17) is 5.11 Å². The standard InChI is InChI=1S/C12H20N2O4/c1-14(8-9-4-2-5-9)12(18)13-10(15)6-3-7-11(16)17/h9H,2-8H2,1H3,(H,16,17)(H,13,15,18). The molecule has 0 aromatic heterocycles. The minimum Gasteiger partial charge on any atom is -0.481 e. The molecule has 3 amide bonds. The molecule has 0 radical (unpaired) electrons. The van der Waals surface area contributed by atoms with Crippen molar-refractivity contribution < 1.29 is 19.5 Å². The maximum atomic E-state index is 11.6. The molecule has 1 aliphatic rings. The molecule has 2 N–H and O–H groups in total. The van der Waals surface area contributed by atoms with Gasteiger partial charge in [0.15, 0.2) is 0 Å². The molecule has 1 aliphatic carbocycles. The average Bonchev–Trinajstić information content (AvgIpc) is 2.22. The zero-order chi connectivity index (χ0) is 13.5. The van der Waals surface area contributed by atoms with Crippen molar-refractivity contribution in [3.8, 4) is 0 Å². The van der Waals surface area contributed by atoms with E-state index in [1.807, 2.05) is 0 Å². The first-order valence-electron chi connectivity index (χ1n) is 6.25. The van der Waals surface area contributed by atoms with Gasteiger partial charge < -0.3 is 10.0 Å². The van der Waals surface area contributed by atoms with Gasteiger partial charge in [-0.05, 0) is 25.2 Å². The fraction of sp³-hybridized carbons (Fsp3) is 0.750. The molecule has 102 valence electrons. The van der Waals surface area contributed by atoms with Crippen LogP contribution in [0, 0.1) is 5.92 Å². The van der Waals surface area contributed by atoms with Gasteiger partial charge in [0.2, 0.25) is 5.91 Å². The monoisotopic (exact) mass is 256 g/mol. The lowest BCUT2D eigenvalue weighted by atomic mass is 9.85. The number of carbonyl (C=O) groups is 3. The predicted molar refractivity (Wildman–Crippen MR) is 65.0 cm³/mol. The molecule has 0 spiro atoms. The Labute approximate surface area is 106 Å². The normalized spacial score (nSPS) is 14.7. The summed E-state index contributed by atoms with van der Waals surface area (Å²) in [5, 5.41) is 10.7. The van der Waals surface area contributed by atoms with Crippen LogP contribution in [0.15, 0.2) is 0 Å². The average molecular weight is 256 g/mol. The summed E-state index contributed by atoms with van der Waals surface area (Å²) in [4.78, 5) is 34.7. The first kappa shape index (κ1) is 14.5. The lowest BCUT2D eigenvalue weighted by molar-refractivity contribution is -0.137. The van der Waals surface area contributed by atoms with E-state index in [0.29, 0.717) is 12.5 Å². The topological polar surface area (TPSA) is 86.7 Å². The van der Waals surface area contributed by atoms with Crippen LogP contribution >= 0.6 is 0 Å². The lowest BCUT2D eigenvalue weighted by Gasteiger charge is -2.29. The maximum absolute atomic E-state index is 11.6. The molecule has 0 aromatic carbocycles. The fourth-order valence-corrected chi connectivity index (χ4v) is 1.82. The fourth-order valence-electron chi connectivity index (χ4n) is 1.82. The molecule has 1 rings (SSSR count). The van der Waals surface area contributed by atoms with E-state index < -0.39 is 17.9 Å². The van der Waals surface area contributed by atoms with Gasteiger partial charge in [-0.25, -0.2) is 4.79 Å². The molecule has 6 heteroatoms. The van der Waals surface area contributed by atoms with Crippen LogP contribution in [0.4, 0.5) is 4.79 Å². The van der Waals surface area contributed by atoms with E-state index in [1.165, 1.54) is 11.3 Å². The van der Waals surface area contributed by atoms with E-state index >= 15 is 0 Å². The van der Waals surface area contributed by atoms with E-state index in [2.05, 4.69) is 5.32 Å². The predicted octanol–water partition coefficient (Wildman–Crippen LogP) is 1.21. The Morgan fingerprint density at radius 2 is 1.94 bits per heavy atom. The summed E-state index contributed by atoms with van der Waals surface area (Å²) in [6.07, 6.45) is 3.76. The molecule has 1 saturated carbocycles. The molecule has 0 unspecified atom stereocenters.